The third kappa shape index (κ3) is 2.04. The molecule has 2 nitrogen and oxygen atoms in total. The molecule has 0 aliphatic heterocycles. The topological polar surface area (TPSA) is 20.7 Å². The molecule has 0 saturated carbocycles. The van der Waals surface area contributed by atoms with E-state index in [2.05, 4.69) is 58.9 Å². The van der Waals surface area contributed by atoms with Gasteiger partial charge in [0.1, 0.15) is 0 Å². The van der Waals surface area contributed by atoms with Crippen molar-refractivity contribution in [2.45, 2.75) is 32.2 Å². The van der Waals surface area contributed by atoms with Gasteiger partial charge >= 0.3 is 0 Å². The van der Waals surface area contributed by atoms with E-state index in [-0.39, 0.29) is 0 Å². The molecular weight excluding hydrogens is 276 g/mol. The molecule has 1 aromatic heterocycles. The summed E-state index contributed by atoms with van der Waals surface area (Å²) in [5.41, 5.74) is 6.65. The van der Waals surface area contributed by atoms with Crippen LogP contribution in [0, 0.1) is 11.7 Å². The van der Waals surface area contributed by atoms with Crippen molar-refractivity contribution in [2.75, 3.05) is 0 Å². The van der Waals surface area contributed by atoms with Gasteiger partial charge in [0.25, 0.3) is 0 Å². The minimum absolute atomic E-state index is 0.461. The molecule has 1 N–H and O–H groups in total. The molecular formula is C18H18N2S. The van der Waals surface area contributed by atoms with Crippen molar-refractivity contribution in [2.24, 2.45) is 0 Å². The van der Waals surface area contributed by atoms with Crippen molar-refractivity contribution in [1.29, 1.82) is 0 Å². The summed E-state index contributed by atoms with van der Waals surface area (Å²) in [6.45, 7) is 2.13. The van der Waals surface area contributed by atoms with E-state index in [9.17, 15) is 0 Å². The molecule has 1 aliphatic rings. The van der Waals surface area contributed by atoms with Crippen molar-refractivity contribution < 1.29 is 0 Å². The van der Waals surface area contributed by atoms with Crippen molar-refractivity contribution in [3.8, 4) is 0 Å². The molecule has 0 radical (unpaired) electrons. The zero-order chi connectivity index (χ0) is 14.4. The van der Waals surface area contributed by atoms with Crippen LogP contribution in [0.4, 0.5) is 0 Å². The Balaban J connectivity index is 1.84. The van der Waals surface area contributed by atoms with Crippen LogP contribution in [0.2, 0.25) is 0 Å². The predicted molar refractivity (Wildman–Crippen MR) is 89.4 cm³/mol. The third-order valence-electron chi connectivity index (χ3n) is 4.65. The summed E-state index contributed by atoms with van der Waals surface area (Å²) in [7, 11) is 0. The summed E-state index contributed by atoms with van der Waals surface area (Å²) in [4.78, 5) is 3.39. The number of aryl methyl sites for hydroxylation is 2. The van der Waals surface area contributed by atoms with Crippen LogP contribution in [0.3, 0.4) is 0 Å². The molecule has 3 aromatic rings. The lowest BCUT2D eigenvalue weighted by Crippen LogP contribution is -2.18. The van der Waals surface area contributed by atoms with Gasteiger partial charge in [-0.1, -0.05) is 36.4 Å². The highest BCUT2D eigenvalue weighted by molar-refractivity contribution is 7.71. The Kier molecular flexibility index (Phi) is 2.96. The molecule has 0 bridgehead atoms. The Morgan fingerprint density at radius 2 is 1.90 bits per heavy atom. The Morgan fingerprint density at radius 3 is 2.76 bits per heavy atom. The number of H-pyrrole nitrogens is 1. The van der Waals surface area contributed by atoms with Crippen molar-refractivity contribution in [3.63, 3.8) is 0 Å². The first-order valence-corrected chi connectivity index (χ1v) is 7.91. The molecule has 0 amide bonds. The lowest BCUT2D eigenvalue weighted by Gasteiger charge is -2.26. The van der Waals surface area contributed by atoms with Crippen molar-refractivity contribution >= 4 is 23.3 Å². The molecule has 1 unspecified atom stereocenters. The predicted octanol–water partition coefficient (Wildman–Crippen LogP) is 4.74. The Morgan fingerprint density at radius 1 is 1.10 bits per heavy atom. The second-order valence-corrected chi connectivity index (χ2v) is 6.32. The Bertz CT molecular complexity index is 872. The molecule has 1 atom stereocenters. The van der Waals surface area contributed by atoms with Crippen LogP contribution in [0.25, 0.3) is 11.0 Å². The summed E-state index contributed by atoms with van der Waals surface area (Å²) in [5, 5.41) is 0. The first-order valence-electron chi connectivity index (χ1n) is 7.50. The molecule has 4 rings (SSSR count). The van der Waals surface area contributed by atoms with Crippen molar-refractivity contribution in [3.05, 3.63) is 63.9 Å². The number of aromatic nitrogens is 2. The molecule has 2 aromatic carbocycles. The molecule has 21 heavy (non-hydrogen) atoms. The average Bonchev–Trinajstić information content (AvgIpc) is 2.84. The quantitative estimate of drug-likeness (QED) is 0.643. The highest BCUT2D eigenvalue weighted by atomic mass is 32.1. The number of rotatable bonds is 1. The summed E-state index contributed by atoms with van der Waals surface area (Å²) in [6.07, 6.45) is 3.37. The first kappa shape index (κ1) is 12.8. The molecule has 3 heteroatoms. The zero-order valence-electron chi connectivity index (χ0n) is 12.1. The molecule has 0 saturated heterocycles. The lowest BCUT2D eigenvalue weighted by molar-refractivity contribution is 0.448. The van der Waals surface area contributed by atoms with Gasteiger partial charge < -0.3 is 9.55 Å². The summed E-state index contributed by atoms with van der Waals surface area (Å²) < 4.78 is 3.18. The van der Waals surface area contributed by atoms with Gasteiger partial charge in [-0.15, -0.1) is 0 Å². The third-order valence-corrected chi connectivity index (χ3v) is 4.95. The van der Waals surface area contributed by atoms with Gasteiger partial charge in [-0.25, -0.2) is 0 Å². The van der Waals surface area contributed by atoms with Crippen LogP contribution >= 0.6 is 12.2 Å². The minimum Gasteiger partial charge on any atom is -0.330 e. The minimum atomic E-state index is 0.461. The number of fused-ring (bicyclic) bond motifs is 2. The fourth-order valence-electron chi connectivity index (χ4n) is 3.55. The summed E-state index contributed by atoms with van der Waals surface area (Å²) in [5.74, 6) is 0. The van der Waals surface area contributed by atoms with E-state index in [1.165, 1.54) is 27.7 Å². The number of imidazole rings is 1. The summed E-state index contributed by atoms with van der Waals surface area (Å²) >= 11 is 5.60. The van der Waals surface area contributed by atoms with Gasteiger partial charge in [0.05, 0.1) is 11.0 Å². The largest absolute Gasteiger partial charge is 0.330 e. The maximum absolute atomic E-state index is 5.60. The van der Waals surface area contributed by atoms with E-state index in [4.69, 9.17) is 12.2 Å². The summed E-state index contributed by atoms with van der Waals surface area (Å²) in [6, 6.07) is 15.7. The fourth-order valence-corrected chi connectivity index (χ4v) is 3.90. The van der Waals surface area contributed by atoms with E-state index in [1.807, 2.05) is 0 Å². The van der Waals surface area contributed by atoms with E-state index in [0.717, 1.165) is 24.0 Å². The highest BCUT2D eigenvalue weighted by Crippen LogP contribution is 2.32. The van der Waals surface area contributed by atoms with E-state index in [0.29, 0.717) is 6.04 Å². The molecule has 0 spiro atoms. The standard InChI is InChI=1S/C18H18N2S/c1-12-5-4-8-16-17(12)19-18(21)20(16)15-10-9-13-6-2-3-7-14(13)11-15/h2-8,15H,9-11H2,1H3,(H,19,21). The number of hydrogen-bond donors (Lipinski definition) is 1. The smallest absolute Gasteiger partial charge is 0.178 e. The van der Waals surface area contributed by atoms with Crippen LogP contribution in [0.5, 0.6) is 0 Å². The second-order valence-electron chi connectivity index (χ2n) is 5.93. The van der Waals surface area contributed by atoms with Crippen LogP contribution in [0.15, 0.2) is 42.5 Å². The lowest BCUT2D eigenvalue weighted by atomic mass is 9.88. The highest BCUT2D eigenvalue weighted by Gasteiger charge is 2.22. The van der Waals surface area contributed by atoms with Crippen LogP contribution in [-0.4, -0.2) is 9.55 Å². The molecule has 106 valence electrons. The van der Waals surface area contributed by atoms with Crippen molar-refractivity contribution in [1.82, 2.24) is 9.55 Å². The number of aromatic amines is 1. The zero-order valence-corrected chi connectivity index (χ0v) is 12.9. The van der Waals surface area contributed by atoms with Gasteiger partial charge in [0, 0.05) is 6.04 Å². The van der Waals surface area contributed by atoms with Gasteiger partial charge in [-0.2, -0.15) is 0 Å². The Labute approximate surface area is 129 Å². The van der Waals surface area contributed by atoms with Crippen LogP contribution in [0.1, 0.15) is 29.2 Å². The second kappa shape index (κ2) is 4.85. The SMILES string of the molecule is Cc1cccc2c1[nH]c(=S)n2C1CCc2ccccc2C1. The number of nitrogens with zero attached hydrogens (tertiary/aromatic N) is 1. The van der Waals surface area contributed by atoms with Gasteiger partial charge in [-0.3, -0.25) is 0 Å². The van der Waals surface area contributed by atoms with Gasteiger partial charge in [0.2, 0.25) is 0 Å². The number of para-hydroxylation sites is 1. The molecule has 1 heterocycles. The first-order chi connectivity index (χ1) is 10.2. The number of nitrogens with one attached hydrogen (secondary N) is 1. The van der Waals surface area contributed by atoms with Gasteiger partial charge in [-0.05, 0) is 61.2 Å². The Hall–Kier alpha value is -1.87. The van der Waals surface area contributed by atoms with E-state index < -0.39 is 0 Å². The fraction of sp³-hybridized carbons (Fsp3) is 0.278. The monoisotopic (exact) mass is 294 g/mol. The normalized spacial score (nSPS) is 17.9. The van der Waals surface area contributed by atoms with Crippen LogP contribution in [-0.2, 0) is 12.8 Å². The maximum Gasteiger partial charge on any atom is 0.178 e. The number of hydrogen-bond acceptors (Lipinski definition) is 1. The average molecular weight is 294 g/mol. The van der Waals surface area contributed by atoms with Crippen LogP contribution < -0.4 is 0 Å². The van der Waals surface area contributed by atoms with Gasteiger partial charge in [0.15, 0.2) is 4.77 Å². The molecule has 0 fully saturated rings. The van der Waals surface area contributed by atoms with E-state index >= 15 is 0 Å². The number of benzene rings is 2. The maximum atomic E-state index is 5.60. The molecule has 1 aliphatic carbocycles. The van der Waals surface area contributed by atoms with E-state index in [1.54, 1.807) is 0 Å².